The molecule has 0 aromatic heterocycles. The minimum absolute atomic E-state index is 0.0287. The van der Waals surface area contributed by atoms with Crippen LogP contribution in [-0.2, 0) is 14.8 Å². The van der Waals surface area contributed by atoms with Gasteiger partial charge in [-0.1, -0.05) is 24.6 Å². The number of anilines is 2. The van der Waals surface area contributed by atoms with Crippen LogP contribution in [-0.4, -0.2) is 26.0 Å². The largest absolute Gasteiger partial charge is 0.322 e. The van der Waals surface area contributed by atoms with Crippen molar-refractivity contribution in [3.05, 3.63) is 58.9 Å². The quantitative estimate of drug-likeness (QED) is 0.864. The van der Waals surface area contributed by atoms with Gasteiger partial charge in [0.15, 0.2) is 0 Å². The number of hydrogen-bond donors (Lipinski definition) is 1. The van der Waals surface area contributed by atoms with Gasteiger partial charge in [0, 0.05) is 5.69 Å². The third-order valence-electron chi connectivity index (χ3n) is 3.87. The Morgan fingerprint density at radius 2 is 2.00 bits per heavy atom. The molecule has 1 aliphatic rings. The first-order valence-electron chi connectivity index (χ1n) is 7.62. The fourth-order valence-corrected chi connectivity index (χ4v) is 4.74. The van der Waals surface area contributed by atoms with Crippen molar-refractivity contribution < 1.29 is 22.4 Å². The highest BCUT2D eigenvalue weighted by molar-refractivity contribution is 7.94. The predicted octanol–water partition coefficient (Wildman–Crippen LogP) is 3.04. The lowest BCUT2D eigenvalue weighted by Gasteiger charge is -2.16. The van der Waals surface area contributed by atoms with E-state index in [-0.39, 0.29) is 27.7 Å². The van der Waals surface area contributed by atoms with Gasteiger partial charge < -0.3 is 5.32 Å². The van der Waals surface area contributed by atoms with E-state index in [1.165, 1.54) is 43.3 Å². The third-order valence-corrected chi connectivity index (χ3v) is 6.06. The number of rotatable bonds is 3. The second kappa shape index (κ2) is 6.69. The molecule has 0 unspecified atom stereocenters. The molecule has 1 aliphatic heterocycles. The molecule has 0 aliphatic carbocycles. The lowest BCUT2D eigenvalue weighted by molar-refractivity contribution is -0.119. The van der Waals surface area contributed by atoms with Gasteiger partial charge >= 0.3 is 0 Å². The molecule has 1 saturated heterocycles. The fourth-order valence-electron chi connectivity index (χ4n) is 2.67. The number of nitrogens with zero attached hydrogens (tertiary/aromatic N) is 1. The Labute approximate surface area is 154 Å². The highest BCUT2D eigenvalue weighted by Gasteiger charge is 2.42. The second-order valence-electron chi connectivity index (χ2n) is 5.91. The molecule has 3 rings (SSSR count). The lowest BCUT2D eigenvalue weighted by atomic mass is 10.1. The maximum absolute atomic E-state index is 13.2. The fraction of sp³-hybridized carbons (Fsp3) is 0.176. The van der Waals surface area contributed by atoms with Gasteiger partial charge in [0.25, 0.3) is 5.91 Å². The van der Waals surface area contributed by atoms with E-state index in [0.717, 1.165) is 6.07 Å². The molecular weight excluding hydrogens is 383 g/mol. The predicted molar refractivity (Wildman–Crippen MR) is 96.2 cm³/mol. The zero-order valence-electron chi connectivity index (χ0n) is 13.6. The molecular formula is C17H14ClFN2O4S. The first-order valence-corrected chi connectivity index (χ1v) is 9.61. The zero-order chi connectivity index (χ0) is 19.1. The van der Waals surface area contributed by atoms with Crippen LogP contribution in [0.1, 0.15) is 17.3 Å². The van der Waals surface area contributed by atoms with Gasteiger partial charge in [-0.25, -0.2) is 17.1 Å². The summed E-state index contributed by atoms with van der Waals surface area (Å²) in [5.74, 6) is -2.55. The van der Waals surface area contributed by atoms with Crippen LogP contribution in [0.4, 0.5) is 15.8 Å². The number of amides is 2. The van der Waals surface area contributed by atoms with Crippen LogP contribution in [0.15, 0.2) is 42.5 Å². The molecule has 2 aromatic carbocycles. The number of hydrogen-bond acceptors (Lipinski definition) is 4. The average Bonchev–Trinajstić information content (AvgIpc) is 2.74. The van der Waals surface area contributed by atoms with Crippen molar-refractivity contribution in [2.75, 3.05) is 15.4 Å². The zero-order valence-corrected chi connectivity index (χ0v) is 15.1. The van der Waals surface area contributed by atoms with Crippen molar-refractivity contribution in [3.63, 3.8) is 0 Å². The topological polar surface area (TPSA) is 83.6 Å². The number of carbonyl (C=O) groups is 2. The maximum atomic E-state index is 13.2. The molecule has 0 radical (unpaired) electrons. The number of carbonyl (C=O) groups excluding carboxylic acids is 2. The summed E-state index contributed by atoms with van der Waals surface area (Å²) in [6, 6.07) is 9.25. The average molecular weight is 397 g/mol. The molecule has 0 saturated carbocycles. The SMILES string of the molecule is C[C@@H]1CS(=O)(=O)N(c2ccc(C(=O)Nc3cccc(F)c3)c(Cl)c2)C1=O. The molecule has 1 fully saturated rings. The lowest BCUT2D eigenvalue weighted by Crippen LogP contribution is -2.30. The summed E-state index contributed by atoms with van der Waals surface area (Å²) in [6.07, 6.45) is 0. The van der Waals surface area contributed by atoms with E-state index in [9.17, 15) is 22.4 Å². The standard InChI is InChI=1S/C17H14ClFN2O4S/c1-10-9-26(24,25)21(17(10)23)13-5-6-14(15(18)8-13)16(22)20-12-4-2-3-11(19)7-12/h2-8,10H,9H2,1H3,(H,20,22)/t10-/m1/s1. The van der Waals surface area contributed by atoms with Crippen molar-refractivity contribution in [2.45, 2.75) is 6.92 Å². The van der Waals surface area contributed by atoms with Crippen molar-refractivity contribution in [1.29, 1.82) is 0 Å². The Morgan fingerprint density at radius 3 is 2.58 bits per heavy atom. The van der Waals surface area contributed by atoms with Crippen LogP contribution in [0, 0.1) is 11.7 Å². The van der Waals surface area contributed by atoms with Crippen molar-refractivity contribution in [2.24, 2.45) is 5.92 Å². The maximum Gasteiger partial charge on any atom is 0.257 e. The Bertz CT molecular complexity index is 1010. The monoisotopic (exact) mass is 396 g/mol. The van der Waals surface area contributed by atoms with Gasteiger partial charge in [-0.15, -0.1) is 0 Å². The minimum atomic E-state index is -3.76. The number of halogens is 2. The van der Waals surface area contributed by atoms with Gasteiger partial charge in [-0.3, -0.25) is 9.59 Å². The van der Waals surface area contributed by atoms with Crippen molar-refractivity contribution >= 4 is 44.8 Å². The van der Waals surface area contributed by atoms with Crippen LogP contribution in [0.3, 0.4) is 0 Å². The van der Waals surface area contributed by atoms with E-state index < -0.39 is 33.6 Å². The van der Waals surface area contributed by atoms with E-state index in [1.807, 2.05) is 0 Å². The molecule has 9 heteroatoms. The molecule has 1 heterocycles. The molecule has 1 N–H and O–H groups in total. The van der Waals surface area contributed by atoms with Crippen LogP contribution in [0.5, 0.6) is 0 Å². The Balaban J connectivity index is 1.88. The van der Waals surface area contributed by atoms with Crippen LogP contribution in [0.2, 0.25) is 5.02 Å². The summed E-state index contributed by atoms with van der Waals surface area (Å²) >= 11 is 6.11. The van der Waals surface area contributed by atoms with Crippen molar-refractivity contribution in [1.82, 2.24) is 0 Å². The summed E-state index contributed by atoms with van der Waals surface area (Å²) in [4.78, 5) is 24.4. The highest BCUT2D eigenvalue weighted by Crippen LogP contribution is 2.31. The van der Waals surface area contributed by atoms with Gasteiger partial charge in [0.2, 0.25) is 15.9 Å². The first kappa shape index (κ1) is 18.3. The Kier molecular flexibility index (Phi) is 4.72. The van der Waals surface area contributed by atoms with E-state index in [2.05, 4.69) is 5.32 Å². The van der Waals surface area contributed by atoms with Crippen molar-refractivity contribution in [3.8, 4) is 0 Å². The molecule has 2 amide bonds. The van der Waals surface area contributed by atoms with Gasteiger partial charge in [-0.2, -0.15) is 0 Å². The molecule has 1 atom stereocenters. The summed E-state index contributed by atoms with van der Waals surface area (Å²) < 4.78 is 38.2. The van der Waals surface area contributed by atoms with E-state index in [1.54, 1.807) is 0 Å². The molecule has 2 aromatic rings. The Morgan fingerprint density at radius 1 is 1.27 bits per heavy atom. The van der Waals surface area contributed by atoms with E-state index in [4.69, 9.17) is 11.6 Å². The normalized spacial score (nSPS) is 18.8. The molecule has 6 nitrogen and oxygen atoms in total. The van der Waals surface area contributed by atoms with Gasteiger partial charge in [0.05, 0.1) is 27.9 Å². The highest BCUT2D eigenvalue weighted by atomic mass is 35.5. The molecule has 0 bridgehead atoms. The second-order valence-corrected chi connectivity index (χ2v) is 8.18. The van der Waals surface area contributed by atoms with Crippen LogP contribution < -0.4 is 9.62 Å². The van der Waals surface area contributed by atoms with Crippen LogP contribution >= 0.6 is 11.6 Å². The minimum Gasteiger partial charge on any atom is -0.322 e. The van der Waals surface area contributed by atoms with Gasteiger partial charge in [-0.05, 0) is 36.4 Å². The third kappa shape index (κ3) is 3.42. The molecule has 0 spiro atoms. The summed E-state index contributed by atoms with van der Waals surface area (Å²) in [5, 5.41) is 2.47. The summed E-state index contributed by atoms with van der Waals surface area (Å²) in [5.41, 5.74) is 0.393. The summed E-state index contributed by atoms with van der Waals surface area (Å²) in [7, 11) is -3.76. The van der Waals surface area contributed by atoms with E-state index >= 15 is 0 Å². The van der Waals surface area contributed by atoms with Gasteiger partial charge in [0.1, 0.15) is 5.82 Å². The van der Waals surface area contributed by atoms with Crippen LogP contribution in [0.25, 0.3) is 0 Å². The van der Waals surface area contributed by atoms with E-state index in [0.29, 0.717) is 4.31 Å². The number of benzene rings is 2. The number of nitrogens with one attached hydrogen (secondary N) is 1. The molecule has 26 heavy (non-hydrogen) atoms. The Hall–Kier alpha value is -2.45. The molecule has 136 valence electrons. The summed E-state index contributed by atoms with van der Waals surface area (Å²) in [6.45, 7) is 1.53. The first-order chi connectivity index (χ1) is 12.2. The smallest absolute Gasteiger partial charge is 0.257 e. The number of sulfonamides is 1.